The van der Waals surface area contributed by atoms with Crippen LogP contribution in [0.5, 0.6) is 0 Å². The van der Waals surface area contributed by atoms with Crippen LogP contribution in [0.1, 0.15) is 30.5 Å². The third-order valence-electron chi connectivity index (χ3n) is 3.14. The van der Waals surface area contributed by atoms with Crippen molar-refractivity contribution in [3.63, 3.8) is 0 Å². The Balaban J connectivity index is 1.93. The first kappa shape index (κ1) is 13.3. The number of carbonyl (C=O) groups is 1. The van der Waals surface area contributed by atoms with Crippen LogP contribution in [0.3, 0.4) is 0 Å². The molecule has 3 heteroatoms. The molecule has 3 nitrogen and oxygen atoms in total. The molecule has 0 aliphatic rings. The molecule has 1 unspecified atom stereocenters. The Bertz CT molecular complexity index is 534. The van der Waals surface area contributed by atoms with E-state index >= 15 is 0 Å². The van der Waals surface area contributed by atoms with Gasteiger partial charge < -0.3 is 5.73 Å². The van der Waals surface area contributed by atoms with E-state index in [0.717, 1.165) is 16.9 Å². The lowest BCUT2D eigenvalue weighted by Crippen LogP contribution is -2.08. The number of hydrogen-bond donors (Lipinski definition) is 1. The number of Topliss-reactive ketones (excluding diaryl/α,β-unsaturated/α-hetero) is 1. The van der Waals surface area contributed by atoms with Crippen molar-refractivity contribution < 1.29 is 4.79 Å². The van der Waals surface area contributed by atoms with E-state index in [2.05, 4.69) is 11.9 Å². The highest BCUT2D eigenvalue weighted by molar-refractivity contribution is 5.81. The van der Waals surface area contributed by atoms with Gasteiger partial charge in [-0.2, -0.15) is 0 Å². The predicted molar refractivity (Wildman–Crippen MR) is 76.8 cm³/mol. The Labute approximate surface area is 113 Å². The smallest absolute Gasteiger partial charge is 0.139 e. The number of pyridine rings is 1. The van der Waals surface area contributed by atoms with E-state index in [1.807, 2.05) is 42.5 Å². The van der Waals surface area contributed by atoms with E-state index in [4.69, 9.17) is 5.73 Å². The minimum absolute atomic E-state index is 0.205. The molecule has 0 aliphatic carbocycles. The summed E-state index contributed by atoms with van der Waals surface area (Å²) in [5.74, 6) is 0.417. The van der Waals surface area contributed by atoms with Gasteiger partial charge in [-0.3, -0.25) is 9.78 Å². The van der Waals surface area contributed by atoms with E-state index < -0.39 is 0 Å². The molecule has 1 aromatic heterocycles. The molecule has 0 spiro atoms. The van der Waals surface area contributed by atoms with Crippen molar-refractivity contribution in [3.05, 3.63) is 59.9 Å². The molecule has 2 rings (SSSR count). The molecule has 98 valence electrons. The number of ketones is 1. The van der Waals surface area contributed by atoms with Crippen molar-refractivity contribution in [2.45, 2.75) is 25.7 Å². The fourth-order valence-electron chi connectivity index (χ4n) is 2.06. The summed E-state index contributed by atoms with van der Waals surface area (Å²) in [6.45, 7) is 2.06. The number of carbonyl (C=O) groups excluding carboxylic acids is 1. The van der Waals surface area contributed by atoms with Crippen LogP contribution in [0, 0.1) is 0 Å². The number of hydrogen-bond acceptors (Lipinski definition) is 3. The third-order valence-corrected chi connectivity index (χ3v) is 3.14. The van der Waals surface area contributed by atoms with Gasteiger partial charge in [-0.15, -0.1) is 0 Å². The van der Waals surface area contributed by atoms with Crippen molar-refractivity contribution in [1.82, 2.24) is 4.98 Å². The maximum Gasteiger partial charge on any atom is 0.139 e. The van der Waals surface area contributed by atoms with E-state index in [-0.39, 0.29) is 11.7 Å². The number of nitrogen functional groups attached to an aromatic ring is 1. The van der Waals surface area contributed by atoms with E-state index in [9.17, 15) is 4.79 Å². The number of rotatable bonds is 5. The zero-order valence-corrected chi connectivity index (χ0v) is 11.0. The summed E-state index contributed by atoms with van der Waals surface area (Å²) < 4.78 is 0. The second kappa shape index (κ2) is 6.14. The maximum atomic E-state index is 12.0. The molecule has 0 aliphatic heterocycles. The highest BCUT2D eigenvalue weighted by Gasteiger charge is 2.12. The van der Waals surface area contributed by atoms with Crippen molar-refractivity contribution in [2.75, 3.05) is 5.73 Å². The van der Waals surface area contributed by atoms with Gasteiger partial charge in [0.25, 0.3) is 0 Å². The Hall–Kier alpha value is -2.16. The zero-order chi connectivity index (χ0) is 13.7. The molecule has 0 amide bonds. The molecule has 0 fully saturated rings. The van der Waals surface area contributed by atoms with Gasteiger partial charge in [0.05, 0.1) is 0 Å². The highest BCUT2D eigenvalue weighted by Crippen LogP contribution is 2.21. The van der Waals surface area contributed by atoms with Gasteiger partial charge in [-0.25, -0.2) is 0 Å². The minimum Gasteiger partial charge on any atom is -0.399 e. The highest BCUT2D eigenvalue weighted by atomic mass is 16.1. The van der Waals surface area contributed by atoms with Crippen molar-refractivity contribution in [2.24, 2.45) is 0 Å². The molecule has 0 saturated heterocycles. The summed E-state index contributed by atoms with van der Waals surface area (Å²) >= 11 is 0. The van der Waals surface area contributed by atoms with Crippen molar-refractivity contribution in [1.29, 1.82) is 0 Å². The maximum absolute atomic E-state index is 12.0. The largest absolute Gasteiger partial charge is 0.399 e. The lowest BCUT2D eigenvalue weighted by atomic mass is 9.94. The van der Waals surface area contributed by atoms with Crippen LogP contribution >= 0.6 is 0 Å². The van der Waals surface area contributed by atoms with Gasteiger partial charge in [0.1, 0.15) is 5.78 Å². The molecular formula is C16H18N2O. The monoisotopic (exact) mass is 254 g/mol. The number of aromatic nitrogens is 1. The molecule has 0 bridgehead atoms. The summed E-state index contributed by atoms with van der Waals surface area (Å²) in [5.41, 5.74) is 8.37. The van der Waals surface area contributed by atoms with Gasteiger partial charge >= 0.3 is 0 Å². The fourth-order valence-corrected chi connectivity index (χ4v) is 2.06. The number of anilines is 1. The van der Waals surface area contributed by atoms with Crippen molar-refractivity contribution >= 4 is 11.5 Å². The Morgan fingerprint density at radius 1 is 1.21 bits per heavy atom. The molecule has 0 saturated carbocycles. The number of nitrogens with zero attached hydrogens (tertiary/aromatic N) is 1. The molecular weight excluding hydrogens is 236 g/mol. The molecule has 0 radical (unpaired) electrons. The first-order valence-electron chi connectivity index (χ1n) is 6.42. The minimum atomic E-state index is 0.205. The van der Waals surface area contributed by atoms with Crippen LogP contribution in [-0.2, 0) is 11.2 Å². The average molecular weight is 254 g/mol. The number of benzene rings is 1. The van der Waals surface area contributed by atoms with Crippen molar-refractivity contribution in [3.8, 4) is 0 Å². The summed E-state index contributed by atoms with van der Waals surface area (Å²) in [6, 6.07) is 13.3. The quantitative estimate of drug-likeness (QED) is 0.834. The van der Waals surface area contributed by atoms with Gasteiger partial charge in [-0.1, -0.05) is 25.1 Å². The Morgan fingerprint density at radius 3 is 2.58 bits per heavy atom. The predicted octanol–water partition coefficient (Wildman–Crippen LogP) is 2.97. The van der Waals surface area contributed by atoms with E-state index in [0.29, 0.717) is 12.8 Å². The van der Waals surface area contributed by atoms with Gasteiger partial charge in [0.15, 0.2) is 0 Å². The summed E-state index contributed by atoms with van der Waals surface area (Å²) in [5, 5.41) is 0. The van der Waals surface area contributed by atoms with Crippen LogP contribution in [0.15, 0.2) is 48.7 Å². The molecule has 1 atom stereocenters. The fraction of sp³-hybridized carbons (Fsp3) is 0.250. The zero-order valence-electron chi connectivity index (χ0n) is 11.0. The van der Waals surface area contributed by atoms with E-state index in [1.54, 1.807) is 6.20 Å². The van der Waals surface area contributed by atoms with Crippen LogP contribution in [-0.4, -0.2) is 10.8 Å². The Kier molecular flexibility index (Phi) is 4.29. The molecule has 1 heterocycles. The first-order valence-corrected chi connectivity index (χ1v) is 6.42. The van der Waals surface area contributed by atoms with Crippen LogP contribution in [0.25, 0.3) is 0 Å². The third kappa shape index (κ3) is 3.91. The normalized spacial score (nSPS) is 12.1. The SMILES string of the molecule is CC(CC(=O)Cc1ccccn1)c1ccc(N)cc1. The van der Waals surface area contributed by atoms with E-state index in [1.165, 1.54) is 0 Å². The molecule has 2 N–H and O–H groups in total. The molecule has 1 aromatic carbocycles. The van der Waals surface area contributed by atoms with Gasteiger partial charge in [-0.05, 0) is 35.7 Å². The Morgan fingerprint density at radius 2 is 1.95 bits per heavy atom. The standard InChI is InChI=1S/C16H18N2O/c1-12(13-5-7-14(17)8-6-13)10-16(19)11-15-4-2-3-9-18-15/h2-9,12H,10-11,17H2,1H3. The van der Waals surface area contributed by atoms with Gasteiger partial charge in [0, 0.05) is 30.4 Å². The lowest BCUT2D eigenvalue weighted by molar-refractivity contribution is -0.118. The summed E-state index contributed by atoms with van der Waals surface area (Å²) in [4.78, 5) is 16.2. The van der Waals surface area contributed by atoms with Gasteiger partial charge in [0.2, 0.25) is 0 Å². The first-order chi connectivity index (χ1) is 9.15. The summed E-state index contributed by atoms with van der Waals surface area (Å²) in [7, 11) is 0. The number of nitrogens with two attached hydrogens (primary N) is 1. The van der Waals surface area contributed by atoms with Crippen LogP contribution in [0.2, 0.25) is 0 Å². The topological polar surface area (TPSA) is 56.0 Å². The molecule has 2 aromatic rings. The molecule has 19 heavy (non-hydrogen) atoms. The summed E-state index contributed by atoms with van der Waals surface area (Å²) in [6.07, 6.45) is 2.65. The lowest BCUT2D eigenvalue weighted by Gasteiger charge is -2.11. The van der Waals surface area contributed by atoms with Crippen LogP contribution in [0.4, 0.5) is 5.69 Å². The average Bonchev–Trinajstić information content (AvgIpc) is 2.40. The second-order valence-corrected chi connectivity index (χ2v) is 4.81. The van der Waals surface area contributed by atoms with Crippen LogP contribution < -0.4 is 5.73 Å². The second-order valence-electron chi connectivity index (χ2n) is 4.81.